The minimum absolute atomic E-state index is 0.0639. The molecule has 4 N–H and O–H groups in total. The van der Waals surface area contributed by atoms with Gasteiger partial charge in [0.1, 0.15) is 11.7 Å². The molecule has 1 aliphatic carbocycles. The summed E-state index contributed by atoms with van der Waals surface area (Å²) in [7, 11) is 0. The summed E-state index contributed by atoms with van der Waals surface area (Å²) in [5.41, 5.74) is 6.86. The van der Waals surface area contributed by atoms with Gasteiger partial charge in [-0.3, -0.25) is 14.4 Å². The molecular formula is C18H15FN2O4. The fraction of sp³-hybridized carbons (Fsp3) is 0.167. The Hall–Kier alpha value is -3.06. The van der Waals surface area contributed by atoms with Crippen LogP contribution in [0.15, 0.2) is 42.5 Å². The maximum absolute atomic E-state index is 12.9. The zero-order chi connectivity index (χ0) is 18.1. The third-order valence-electron chi connectivity index (χ3n) is 4.10. The molecule has 7 heteroatoms. The summed E-state index contributed by atoms with van der Waals surface area (Å²) < 4.78 is 12.9. The minimum atomic E-state index is -1.89. The molecule has 1 amide bonds. The van der Waals surface area contributed by atoms with Gasteiger partial charge in [0.05, 0.1) is 0 Å². The van der Waals surface area contributed by atoms with E-state index in [2.05, 4.69) is 5.32 Å². The van der Waals surface area contributed by atoms with E-state index in [1.54, 1.807) is 0 Å². The fourth-order valence-electron chi connectivity index (χ4n) is 2.79. The quantitative estimate of drug-likeness (QED) is 0.568. The molecule has 0 heterocycles. The first-order chi connectivity index (χ1) is 11.9. The predicted molar refractivity (Wildman–Crippen MR) is 87.2 cm³/mol. The molecule has 0 spiro atoms. The van der Waals surface area contributed by atoms with E-state index in [0.29, 0.717) is 11.3 Å². The number of aliphatic hydroxyl groups is 1. The van der Waals surface area contributed by atoms with Crippen molar-refractivity contribution in [1.29, 1.82) is 0 Å². The van der Waals surface area contributed by atoms with Gasteiger partial charge in [0.15, 0.2) is 17.7 Å². The standard InChI is InChI=1S/C18H15FN2O4/c19-10-3-1-9(2-4-10)8-21-18(25)14-12-6-5-11(20)7-13(12)15(22)17(24)16(14)23/h1-7,14,17,24H,8,20H2,(H,21,25). The number of benzene rings is 2. The summed E-state index contributed by atoms with van der Waals surface area (Å²) in [6.45, 7) is 0.0806. The van der Waals surface area contributed by atoms with Gasteiger partial charge in [-0.05, 0) is 35.4 Å². The van der Waals surface area contributed by atoms with Gasteiger partial charge in [-0.1, -0.05) is 18.2 Å². The number of nitrogens with two attached hydrogens (primary N) is 1. The Bertz CT molecular complexity index is 864. The second-order valence-corrected chi connectivity index (χ2v) is 5.79. The van der Waals surface area contributed by atoms with E-state index < -0.39 is 35.3 Å². The van der Waals surface area contributed by atoms with Crippen LogP contribution in [0.5, 0.6) is 0 Å². The second-order valence-electron chi connectivity index (χ2n) is 5.79. The second kappa shape index (κ2) is 6.45. The molecule has 2 aromatic rings. The van der Waals surface area contributed by atoms with Crippen molar-refractivity contribution in [3.05, 3.63) is 65.0 Å². The summed E-state index contributed by atoms with van der Waals surface area (Å²) in [6, 6.07) is 9.79. The van der Waals surface area contributed by atoms with Gasteiger partial charge >= 0.3 is 0 Å². The monoisotopic (exact) mass is 342 g/mol. The largest absolute Gasteiger partial charge is 0.399 e. The van der Waals surface area contributed by atoms with E-state index in [1.165, 1.54) is 42.5 Å². The number of carbonyl (C=O) groups excluding carboxylic acids is 3. The van der Waals surface area contributed by atoms with Gasteiger partial charge in [-0.25, -0.2) is 4.39 Å². The van der Waals surface area contributed by atoms with Crippen LogP contribution in [0, 0.1) is 5.82 Å². The van der Waals surface area contributed by atoms with Crippen molar-refractivity contribution in [3.8, 4) is 0 Å². The summed E-state index contributed by atoms with van der Waals surface area (Å²) in [6.07, 6.45) is -1.89. The SMILES string of the molecule is Nc1ccc2c(c1)C(=O)C(O)C(=O)C2C(=O)NCc1ccc(F)cc1. The van der Waals surface area contributed by atoms with E-state index in [-0.39, 0.29) is 17.7 Å². The van der Waals surface area contributed by atoms with E-state index in [0.717, 1.165) is 0 Å². The van der Waals surface area contributed by atoms with Crippen molar-refractivity contribution in [2.45, 2.75) is 18.6 Å². The molecule has 0 fully saturated rings. The Morgan fingerprint density at radius 1 is 1.16 bits per heavy atom. The van der Waals surface area contributed by atoms with Gasteiger partial charge in [-0.2, -0.15) is 0 Å². The van der Waals surface area contributed by atoms with E-state index in [9.17, 15) is 23.9 Å². The number of aliphatic hydroxyl groups excluding tert-OH is 1. The Kier molecular flexibility index (Phi) is 4.33. The highest BCUT2D eigenvalue weighted by molar-refractivity contribution is 6.25. The molecule has 2 unspecified atom stereocenters. The molecule has 0 saturated carbocycles. The van der Waals surface area contributed by atoms with Crippen LogP contribution in [-0.4, -0.2) is 28.7 Å². The molecule has 3 rings (SSSR count). The van der Waals surface area contributed by atoms with Gasteiger partial charge < -0.3 is 16.2 Å². The smallest absolute Gasteiger partial charge is 0.235 e. The van der Waals surface area contributed by atoms with Crippen molar-refractivity contribution < 1.29 is 23.9 Å². The number of amides is 1. The fourth-order valence-corrected chi connectivity index (χ4v) is 2.79. The summed E-state index contributed by atoms with van der Waals surface area (Å²) in [5, 5.41) is 12.4. The van der Waals surface area contributed by atoms with Crippen LogP contribution in [0.25, 0.3) is 0 Å². The number of ketones is 2. The topological polar surface area (TPSA) is 109 Å². The van der Waals surface area contributed by atoms with Crippen molar-refractivity contribution in [1.82, 2.24) is 5.32 Å². The van der Waals surface area contributed by atoms with Crippen molar-refractivity contribution in [2.75, 3.05) is 5.73 Å². The summed E-state index contributed by atoms with van der Waals surface area (Å²) in [4.78, 5) is 36.8. The zero-order valence-corrected chi connectivity index (χ0v) is 13.0. The first-order valence-electron chi connectivity index (χ1n) is 7.56. The Morgan fingerprint density at radius 3 is 2.52 bits per heavy atom. The molecule has 0 radical (unpaired) electrons. The third-order valence-corrected chi connectivity index (χ3v) is 4.10. The highest BCUT2D eigenvalue weighted by atomic mass is 19.1. The van der Waals surface area contributed by atoms with Gasteiger partial charge in [0.25, 0.3) is 0 Å². The number of nitrogen functional groups attached to an aromatic ring is 1. The molecule has 6 nitrogen and oxygen atoms in total. The minimum Gasteiger partial charge on any atom is -0.399 e. The average molecular weight is 342 g/mol. The number of rotatable bonds is 3. The van der Waals surface area contributed by atoms with E-state index >= 15 is 0 Å². The average Bonchev–Trinajstić information content (AvgIpc) is 2.60. The van der Waals surface area contributed by atoms with Crippen LogP contribution < -0.4 is 11.1 Å². The highest BCUT2D eigenvalue weighted by Crippen LogP contribution is 2.31. The number of nitrogens with one attached hydrogen (secondary N) is 1. The van der Waals surface area contributed by atoms with Crippen LogP contribution in [0.3, 0.4) is 0 Å². The lowest BCUT2D eigenvalue weighted by Crippen LogP contribution is -2.45. The molecule has 0 bridgehead atoms. The van der Waals surface area contributed by atoms with Crippen molar-refractivity contribution in [3.63, 3.8) is 0 Å². The number of hydrogen-bond donors (Lipinski definition) is 3. The molecule has 128 valence electrons. The number of hydrogen-bond acceptors (Lipinski definition) is 5. The van der Waals surface area contributed by atoms with Gasteiger partial charge in [0.2, 0.25) is 5.91 Å². The molecular weight excluding hydrogens is 327 g/mol. The Labute approximate surface area is 142 Å². The number of fused-ring (bicyclic) bond motifs is 1. The Morgan fingerprint density at radius 2 is 1.84 bits per heavy atom. The number of carbonyl (C=O) groups is 3. The number of halogens is 1. The maximum atomic E-state index is 12.9. The van der Waals surface area contributed by atoms with Crippen molar-refractivity contribution >= 4 is 23.2 Å². The van der Waals surface area contributed by atoms with Gasteiger partial charge in [-0.15, -0.1) is 0 Å². The molecule has 25 heavy (non-hydrogen) atoms. The van der Waals surface area contributed by atoms with Gasteiger partial charge in [0, 0.05) is 17.8 Å². The van der Waals surface area contributed by atoms with Crippen LogP contribution in [0.4, 0.5) is 10.1 Å². The summed E-state index contributed by atoms with van der Waals surface area (Å²) in [5.74, 6) is -3.99. The normalized spacial score (nSPS) is 19.4. The van der Waals surface area contributed by atoms with Crippen molar-refractivity contribution in [2.24, 2.45) is 0 Å². The molecule has 0 aliphatic heterocycles. The predicted octanol–water partition coefficient (Wildman–Crippen LogP) is 0.934. The zero-order valence-electron chi connectivity index (χ0n) is 13.0. The lowest BCUT2D eigenvalue weighted by Gasteiger charge is -2.26. The van der Waals surface area contributed by atoms with Crippen LogP contribution in [-0.2, 0) is 16.1 Å². The first-order valence-corrected chi connectivity index (χ1v) is 7.56. The lowest BCUT2D eigenvalue weighted by molar-refractivity contribution is -0.134. The van der Waals surface area contributed by atoms with Crippen LogP contribution in [0.1, 0.15) is 27.4 Å². The lowest BCUT2D eigenvalue weighted by atomic mass is 9.78. The molecule has 2 atom stereocenters. The third kappa shape index (κ3) is 3.14. The molecule has 0 saturated heterocycles. The van der Waals surface area contributed by atoms with Crippen LogP contribution >= 0.6 is 0 Å². The summed E-state index contributed by atoms with van der Waals surface area (Å²) >= 11 is 0. The number of Topliss-reactive ketones (excluding diaryl/α,β-unsaturated/α-hetero) is 2. The van der Waals surface area contributed by atoms with E-state index in [1.807, 2.05) is 0 Å². The van der Waals surface area contributed by atoms with E-state index in [4.69, 9.17) is 5.73 Å². The highest BCUT2D eigenvalue weighted by Gasteiger charge is 2.43. The molecule has 1 aliphatic rings. The molecule has 0 aromatic heterocycles. The maximum Gasteiger partial charge on any atom is 0.235 e. The number of anilines is 1. The Balaban J connectivity index is 1.86. The van der Waals surface area contributed by atoms with Crippen LogP contribution in [0.2, 0.25) is 0 Å². The first kappa shape index (κ1) is 16.8. The molecule has 2 aromatic carbocycles.